The van der Waals surface area contributed by atoms with Crippen LogP contribution in [0.3, 0.4) is 0 Å². The lowest BCUT2D eigenvalue weighted by Crippen LogP contribution is -2.39. The van der Waals surface area contributed by atoms with Gasteiger partial charge >= 0.3 is 5.97 Å². The Labute approximate surface area is 194 Å². The molecule has 0 bridgehead atoms. The quantitative estimate of drug-likeness (QED) is 0.236. The van der Waals surface area contributed by atoms with Gasteiger partial charge < -0.3 is 14.4 Å². The van der Waals surface area contributed by atoms with Gasteiger partial charge in [-0.05, 0) is 36.6 Å². The lowest BCUT2D eigenvalue weighted by molar-refractivity contribution is -0.385. The molecule has 4 rings (SSSR count). The topological polar surface area (TPSA) is 136 Å². The van der Waals surface area contributed by atoms with Crippen molar-refractivity contribution in [3.8, 4) is 5.75 Å². The Bertz CT molecular complexity index is 1170. The molecule has 0 radical (unpaired) electrons. The van der Waals surface area contributed by atoms with Crippen LogP contribution < -0.4 is 4.74 Å². The molecule has 3 amide bonds. The van der Waals surface area contributed by atoms with E-state index in [0.29, 0.717) is 17.2 Å². The molecular formula is C23H21N3O8. The van der Waals surface area contributed by atoms with Gasteiger partial charge in [0.1, 0.15) is 17.9 Å². The number of esters is 1. The van der Waals surface area contributed by atoms with E-state index < -0.39 is 47.5 Å². The van der Waals surface area contributed by atoms with Crippen LogP contribution in [0.25, 0.3) is 0 Å². The highest BCUT2D eigenvalue weighted by Gasteiger charge is 2.42. The summed E-state index contributed by atoms with van der Waals surface area (Å²) in [6, 6.07) is 11.0. The molecule has 1 heterocycles. The standard InChI is InChI=1S/C23H21N3O8/c1-33-16-9-5-14(6-10-16)11-24(15-7-8-15)19(27)13-34-20(28)12-25-22(29)17-3-2-4-18(26(31)32)21(17)23(25)30/h2-6,9-10,15H,7-8,11-13H2,1H3. The number of nitrogens with zero attached hydrogens (tertiary/aromatic N) is 3. The van der Waals surface area contributed by atoms with E-state index in [1.807, 2.05) is 12.1 Å². The predicted octanol–water partition coefficient (Wildman–Crippen LogP) is 1.93. The maximum Gasteiger partial charge on any atom is 0.326 e. The minimum Gasteiger partial charge on any atom is -0.497 e. The van der Waals surface area contributed by atoms with E-state index in [1.54, 1.807) is 24.1 Å². The van der Waals surface area contributed by atoms with Crippen LogP contribution in [0.4, 0.5) is 5.69 Å². The first kappa shape index (κ1) is 22.9. The van der Waals surface area contributed by atoms with E-state index in [2.05, 4.69) is 0 Å². The molecule has 0 N–H and O–H groups in total. The zero-order chi connectivity index (χ0) is 24.4. The number of ether oxygens (including phenoxy) is 2. The lowest BCUT2D eigenvalue weighted by atomic mass is 10.1. The summed E-state index contributed by atoms with van der Waals surface area (Å²) in [4.78, 5) is 62.7. The van der Waals surface area contributed by atoms with E-state index in [4.69, 9.17) is 9.47 Å². The molecule has 1 fully saturated rings. The number of carbonyl (C=O) groups is 4. The Morgan fingerprint density at radius 2 is 1.82 bits per heavy atom. The minimum absolute atomic E-state index is 0.0603. The second-order valence-corrected chi connectivity index (χ2v) is 7.91. The van der Waals surface area contributed by atoms with Crippen LogP contribution in [0.15, 0.2) is 42.5 Å². The Balaban J connectivity index is 1.36. The molecule has 0 atom stereocenters. The smallest absolute Gasteiger partial charge is 0.326 e. The predicted molar refractivity (Wildman–Crippen MR) is 116 cm³/mol. The van der Waals surface area contributed by atoms with Gasteiger partial charge in [0.2, 0.25) is 0 Å². The van der Waals surface area contributed by atoms with Crippen LogP contribution in [0.1, 0.15) is 39.1 Å². The molecule has 0 unspecified atom stereocenters. The number of hydrogen-bond acceptors (Lipinski definition) is 8. The van der Waals surface area contributed by atoms with Crippen molar-refractivity contribution in [1.29, 1.82) is 0 Å². The maximum atomic E-state index is 12.7. The molecule has 1 aliphatic carbocycles. The number of carbonyl (C=O) groups excluding carboxylic acids is 4. The normalized spacial score (nSPS) is 14.6. The van der Waals surface area contributed by atoms with E-state index in [1.165, 1.54) is 12.1 Å². The Morgan fingerprint density at radius 3 is 2.44 bits per heavy atom. The first-order chi connectivity index (χ1) is 16.3. The lowest BCUT2D eigenvalue weighted by Gasteiger charge is -2.23. The summed E-state index contributed by atoms with van der Waals surface area (Å²) in [5.74, 6) is -2.45. The van der Waals surface area contributed by atoms with Crippen LogP contribution in [-0.4, -0.2) is 64.7 Å². The summed E-state index contributed by atoms with van der Waals surface area (Å²) < 4.78 is 10.2. The third-order valence-electron chi connectivity index (χ3n) is 5.64. The number of benzene rings is 2. The molecule has 1 saturated carbocycles. The van der Waals surface area contributed by atoms with Gasteiger partial charge in [-0.1, -0.05) is 18.2 Å². The highest BCUT2D eigenvalue weighted by Crippen LogP contribution is 2.31. The first-order valence-electron chi connectivity index (χ1n) is 10.5. The molecule has 0 spiro atoms. The number of nitro groups is 1. The van der Waals surface area contributed by atoms with E-state index >= 15 is 0 Å². The fraction of sp³-hybridized carbons (Fsp3) is 0.304. The summed E-state index contributed by atoms with van der Waals surface area (Å²) in [7, 11) is 1.56. The second kappa shape index (κ2) is 9.30. The van der Waals surface area contributed by atoms with Crippen molar-refractivity contribution in [1.82, 2.24) is 9.80 Å². The van der Waals surface area contributed by atoms with Gasteiger partial charge in [-0.15, -0.1) is 0 Å². The Morgan fingerprint density at radius 1 is 1.12 bits per heavy atom. The van der Waals surface area contributed by atoms with Crippen molar-refractivity contribution in [3.05, 3.63) is 69.3 Å². The number of imide groups is 1. The highest BCUT2D eigenvalue weighted by molar-refractivity contribution is 6.24. The number of rotatable bonds is 9. The molecule has 11 heteroatoms. The largest absolute Gasteiger partial charge is 0.497 e. The van der Waals surface area contributed by atoms with Crippen LogP contribution >= 0.6 is 0 Å². The Hall–Kier alpha value is -4.28. The van der Waals surface area contributed by atoms with Gasteiger partial charge in [0.25, 0.3) is 23.4 Å². The van der Waals surface area contributed by atoms with Crippen LogP contribution in [0.2, 0.25) is 0 Å². The fourth-order valence-electron chi connectivity index (χ4n) is 3.75. The Kier molecular flexibility index (Phi) is 6.26. The van der Waals surface area contributed by atoms with Crippen molar-refractivity contribution < 1.29 is 33.6 Å². The number of methoxy groups -OCH3 is 1. The maximum absolute atomic E-state index is 12.7. The average molecular weight is 467 g/mol. The second-order valence-electron chi connectivity index (χ2n) is 7.91. The van der Waals surface area contributed by atoms with Crippen LogP contribution in [0, 0.1) is 10.1 Å². The van der Waals surface area contributed by atoms with Gasteiger partial charge in [0.05, 0.1) is 17.6 Å². The molecular weight excluding hydrogens is 446 g/mol. The van der Waals surface area contributed by atoms with Crippen molar-refractivity contribution in [2.24, 2.45) is 0 Å². The minimum atomic E-state index is -0.967. The highest BCUT2D eigenvalue weighted by atomic mass is 16.6. The zero-order valence-electron chi connectivity index (χ0n) is 18.3. The van der Waals surface area contributed by atoms with Gasteiger partial charge in [-0.25, -0.2) is 0 Å². The fourth-order valence-corrected chi connectivity index (χ4v) is 3.75. The van der Waals surface area contributed by atoms with Crippen LogP contribution in [0.5, 0.6) is 5.75 Å². The van der Waals surface area contributed by atoms with Crippen molar-refractivity contribution >= 4 is 29.4 Å². The number of hydrogen-bond donors (Lipinski definition) is 0. The summed E-state index contributed by atoms with van der Waals surface area (Å²) in [6.45, 7) is -0.958. The van der Waals surface area contributed by atoms with Crippen molar-refractivity contribution in [2.75, 3.05) is 20.3 Å². The van der Waals surface area contributed by atoms with E-state index in [-0.39, 0.29) is 17.2 Å². The SMILES string of the molecule is COc1ccc(CN(C(=O)COC(=O)CN2C(=O)c3cccc([N+](=O)[O-])c3C2=O)C2CC2)cc1. The average Bonchev–Trinajstić information content (AvgIpc) is 3.65. The van der Waals surface area contributed by atoms with Gasteiger partial charge in [-0.3, -0.25) is 34.2 Å². The molecule has 176 valence electrons. The molecule has 2 aromatic carbocycles. The molecule has 34 heavy (non-hydrogen) atoms. The number of nitro benzene ring substituents is 1. The third kappa shape index (κ3) is 4.58. The molecule has 2 aromatic rings. The van der Waals surface area contributed by atoms with Crippen LogP contribution in [-0.2, 0) is 20.9 Å². The molecule has 11 nitrogen and oxygen atoms in total. The van der Waals surface area contributed by atoms with Crippen molar-refractivity contribution in [2.45, 2.75) is 25.4 Å². The molecule has 2 aliphatic rings. The van der Waals surface area contributed by atoms with Gasteiger partial charge in [0, 0.05) is 18.7 Å². The van der Waals surface area contributed by atoms with Crippen molar-refractivity contribution in [3.63, 3.8) is 0 Å². The summed E-state index contributed by atoms with van der Waals surface area (Å²) in [6.07, 6.45) is 1.70. The molecule has 1 aliphatic heterocycles. The molecule has 0 aromatic heterocycles. The first-order valence-corrected chi connectivity index (χ1v) is 10.5. The zero-order valence-corrected chi connectivity index (χ0v) is 18.3. The summed E-state index contributed by atoms with van der Waals surface area (Å²) >= 11 is 0. The van der Waals surface area contributed by atoms with E-state index in [0.717, 1.165) is 24.5 Å². The monoisotopic (exact) mass is 467 g/mol. The van der Waals surface area contributed by atoms with Gasteiger partial charge in [-0.2, -0.15) is 0 Å². The van der Waals surface area contributed by atoms with Gasteiger partial charge in [0.15, 0.2) is 6.61 Å². The number of amides is 3. The number of fused-ring (bicyclic) bond motifs is 1. The third-order valence-corrected chi connectivity index (χ3v) is 5.64. The molecule has 0 saturated heterocycles. The van der Waals surface area contributed by atoms with E-state index in [9.17, 15) is 29.3 Å². The summed E-state index contributed by atoms with van der Waals surface area (Å²) in [5, 5.41) is 11.2. The summed E-state index contributed by atoms with van der Waals surface area (Å²) in [5.41, 5.74) is -0.135.